The van der Waals surface area contributed by atoms with Crippen molar-refractivity contribution < 1.29 is 9.59 Å². The monoisotopic (exact) mass is 451 g/mol. The van der Waals surface area contributed by atoms with E-state index in [4.69, 9.17) is 11.6 Å². The third kappa shape index (κ3) is 4.81. The fraction of sp³-hybridized carbons (Fsp3) is 0.217. The fourth-order valence-electron chi connectivity index (χ4n) is 3.50. The van der Waals surface area contributed by atoms with E-state index in [2.05, 4.69) is 15.7 Å². The Bertz CT molecular complexity index is 1210. The third-order valence-corrected chi connectivity index (χ3v) is 5.44. The summed E-state index contributed by atoms with van der Waals surface area (Å²) in [6, 6.07) is 16.0. The molecule has 0 aliphatic carbocycles. The number of carbonyl (C=O) groups excluding carboxylic acids is 2. The minimum Gasteiger partial charge on any atom is -0.360 e. The van der Waals surface area contributed by atoms with Crippen LogP contribution in [0.15, 0.2) is 59.4 Å². The first kappa shape index (κ1) is 21.6. The molecule has 0 bridgehead atoms. The zero-order valence-electron chi connectivity index (χ0n) is 17.5. The van der Waals surface area contributed by atoms with Crippen LogP contribution >= 0.6 is 11.6 Å². The van der Waals surface area contributed by atoms with Crippen molar-refractivity contribution in [2.45, 2.75) is 13.5 Å². The van der Waals surface area contributed by atoms with E-state index in [0.29, 0.717) is 29.5 Å². The predicted molar refractivity (Wildman–Crippen MR) is 122 cm³/mol. The molecular formula is C23H22ClN5O3. The van der Waals surface area contributed by atoms with Gasteiger partial charge in [0.25, 0.3) is 5.91 Å². The van der Waals surface area contributed by atoms with Crippen LogP contribution in [0.4, 0.5) is 5.69 Å². The number of halogens is 1. The lowest BCUT2D eigenvalue weighted by Gasteiger charge is -2.28. The van der Waals surface area contributed by atoms with Crippen LogP contribution in [0.1, 0.15) is 21.7 Å². The van der Waals surface area contributed by atoms with Crippen LogP contribution in [0.2, 0.25) is 5.02 Å². The topological polar surface area (TPSA) is 96.3 Å². The highest BCUT2D eigenvalue weighted by Gasteiger charge is 2.17. The highest BCUT2D eigenvalue weighted by Crippen LogP contribution is 2.16. The van der Waals surface area contributed by atoms with Crippen LogP contribution < -0.4 is 21.0 Å². The number of hydrogen-bond donors (Lipinski definition) is 2. The maximum atomic E-state index is 12.7. The molecule has 2 amide bonds. The van der Waals surface area contributed by atoms with Gasteiger partial charge < -0.3 is 15.5 Å². The first-order chi connectivity index (χ1) is 15.4. The molecule has 8 nitrogen and oxygen atoms in total. The smallest absolute Gasteiger partial charge is 0.276 e. The Morgan fingerprint density at radius 3 is 2.47 bits per heavy atom. The molecule has 3 aromatic rings. The van der Waals surface area contributed by atoms with Crippen molar-refractivity contribution in [1.82, 2.24) is 20.4 Å². The molecule has 9 heteroatoms. The normalized spacial score (nSPS) is 13.6. The lowest BCUT2D eigenvalue weighted by molar-refractivity contribution is -0.120. The number of nitrogens with zero attached hydrogens (tertiary/aromatic N) is 3. The predicted octanol–water partition coefficient (Wildman–Crippen LogP) is 2.06. The quantitative estimate of drug-likeness (QED) is 0.619. The van der Waals surface area contributed by atoms with Gasteiger partial charge in [-0.25, -0.2) is 4.68 Å². The van der Waals surface area contributed by atoms with Crippen molar-refractivity contribution in [2.24, 2.45) is 0 Å². The fourth-order valence-corrected chi connectivity index (χ4v) is 3.62. The van der Waals surface area contributed by atoms with Gasteiger partial charge in [0.1, 0.15) is 0 Å². The highest BCUT2D eigenvalue weighted by atomic mass is 35.5. The number of benzene rings is 2. The molecule has 2 heterocycles. The van der Waals surface area contributed by atoms with E-state index in [9.17, 15) is 14.4 Å². The first-order valence-corrected chi connectivity index (χ1v) is 10.5. The minimum atomic E-state index is -0.547. The minimum absolute atomic E-state index is 0.00226. The zero-order valence-corrected chi connectivity index (χ0v) is 18.2. The number of aryl methyl sites for hydroxylation is 1. The molecule has 0 atom stereocenters. The maximum Gasteiger partial charge on any atom is 0.276 e. The molecule has 1 aliphatic heterocycles. The average Bonchev–Trinajstić information content (AvgIpc) is 2.79. The van der Waals surface area contributed by atoms with Gasteiger partial charge in [0, 0.05) is 42.1 Å². The molecule has 164 valence electrons. The maximum absolute atomic E-state index is 12.7. The number of rotatable bonds is 5. The zero-order chi connectivity index (χ0) is 22.7. The summed E-state index contributed by atoms with van der Waals surface area (Å²) in [7, 11) is 0. The summed E-state index contributed by atoms with van der Waals surface area (Å²) in [6.45, 7) is 3.69. The first-order valence-electron chi connectivity index (χ1n) is 10.2. The summed E-state index contributed by atoms with van der Waals surface area (Å²) < 4.78 is 1.54. The van der Waals surface area contributed by atoms with Crippen LogP contribution in [0, 0.1) is 6.92 Å². The molecule has 1 fully saturated rings. The largest absolute Gasteiger partial charge is 0.360 e. The Labute approximate surface area is 189 Å². The van der Waals surface area contributed by atoms with Crippen molar-refractivity contribution in [2.75, 3.05) is 24.5 Å². The Morgan fingerprint density at radius 2 is 1.78 bits per heavy atom. The van der Waals surface area contributed by atoms with E-state index >= 15 is 0 Å². The molecule has 0 saturated carbocycles. The molecule has 0 unspecified atom stereocenters. The van der Waals surface area contributed by atoms with Crippen LogP contribution in [0.3, 0.4) is 0 Å². The van der Waals surface area contributed by atoms with Gasteiger partial charge in [0.15, 0.2) is 5.69 Å². The molecule has 2 aromatic carbocycles. The van der Waals surface area contributed by atoms with Crippen molar-refractivity contribution in [3.05, 3.63) is 86.8 Å². The molecular weight excluding hydrogens is 430 g/mol. The van der Waals surface area contributed by atoms with E-state index in [1.807, 2.05) is 29.2 Å². The van der Waals surface area contributed by atoms with Gasteiger partial charge in [-0.15, -0.1) is 0 Å². The second-order valence-corrected chi connectivity index (χ2v) is 7.94. The highest BCUT2D eigenvalue weighted by molar-refractivity contribution is 6.30. The second-order valence-electron chi connectivity index (χ2n) is 7.51. The van der Waals surface area contributed by atoms with Gasteiger partial charge in [-0.2, -0.15) is 5.10 Å². The number of aromatic nitrogens is 2. The van der Waals surface area contributed by atoms with Crippen molar-refractivity contribution in [3.8, 4) is 5.69 Å². The Kier molecular flexibility index (Phi) is 6.23. The number of nitrogens with one attached hydrogen (secondary N) is 2. The van der Waals surface area contributed by atoms with Crippen molar-refractivity contribution >= 4 is 29.1 Å². The summed E-state index contributed by atoms with van der Waals surface area (Å²) in [5, 5.41) is 10.4. The van der Waals surface area contributed by atoms with E-state index in [1.54, 1.807) is 31.2 Å². The molecule has 0 spiro atoms. The van der Waals surface area contributed by atoms with E-state index < -0.39 is 11.3 Å². The molecule has 0 radical (unpaired) electrons. The van der Waals surface area contributed by atoms with Gasteiger partial charge in [0.2, 0.25) is 11.3 Å². The summed E-state index contributed by atoms with van der Waals surface area (Å²) in [4.78, 5) is 38.6. The molecule has 4 rings (SSSR count). The van der Waals surface area contributed by atoms with Crippen molar-refractivity contribution in [1.29, 1.82) is 0 Å². The molecule has 1 saturated heterocycles. The van der Waals surface area contributed by atoms with Gasteiger partial charge in [-0.1, -0.05) is 23.7 Å². The molecule has 1 aliphatic rings. The number of piperazine rings is 1. The molecule has 32 heavy (non-hydrogen) atoms. The number of carbonyl (C=O) groups is 2. The number of anilines is 1. The Morgan fingerprint density at radius 1 is 1.09 bits per heavy atom. The lowest BCUT2D eigenvalue weighted by atomic mass is 10.1. The summed E-state index contributed by atoms with van der Waals surface area (Å²) in [5.74, 6) is -0.545. The standard InChI is InChI=1S/C23H22ClN5O3/c1-15-12-20(30)22(27-29(15)19-8-4-17(24)5-9-19)23(32)26-13-16-2-6-18(7-3-16)28-11-10-25-21(31)14-28/h2-9,12H,10-11,13-14H2,1H3,(H,25,31)(H,26,32). The summed E-state index contributed by atoms with van der Waals surface area (Å²) in [6.07, 6.45) is 0. The van der Waals surface area contributed by atoms with Gasteiger partial charge >= 0.3 is 0 Å². The second kappa shape index (κ2) is 9.23. The van der Waals surface area contributed by atoms with Crippen LogP contribution in [-0.4, -0.2) is 41.2 Å². The van der Waals surface area contributed by atoms with Gasteiger partial charge in [-0.3, -0.25) is 14.4 Å². The summed E-state index contributed by atoms with van der Waals surface area (Å²) in [5.41, 5.74) is 2.50. The Balaban J connectivity index is 1.46. The molecule has 2 N–H and O–H groups in total. The van der Waals surface area contributed by atoms with Crippen LogP contribution in [0.25, 0.3) is 5.69 Å². The van der Waals surface area contributed by atoms with Crippen LogP contribution in [0.5, 0.6) is 0 Å². The molecule has 1 aromatic heterocycles. The Hall–Kier alpha value is -3.65. The number of amides is 2. The summed E-state index contributed by atoms with van der Waals surface area (Å²) >= 11 is 5.94. The van der Waals surface area contributed by atoms with E-state index in [0.717, 1.165) is 17.8 Å². The van der Waals surface area contributed by atoms with Gasteiger partial charge in [0.05, 0.1) is 12.2 Å². The van der Waals surface area contributed by atoms with Crippen LogP contribution in [-0.2, 0) is 11.3 Å². The van der Waals surface area contributed by atoms with E-state index in [-0.39, 0.29) is 18.1 Å². The SMILES string of the molecule is Cc1cc(=O)c(C(=O)NCc2ccc(N3CCNC(=O)C3)cc2)nn1-c1ccc(Cl)cc1. The third-order valence-electron chi connectivity index (χ3n) is 5.19. The van der Waals surface area contributed by atoms with Gasteiger partial charge in [-0.05, 0) is 48.9 Å². The average molecular weight is 452 g/mol. The van der Waals surface area contributed by atoms with E-state index in [1.165, 1.54) is 10.7 Å². The lowest BCUT2D eigenvalue weighted by Crippen LogP contribution is -2.47. The number of hydrogen-bond acceptors (Lipinski definition) is 5. The van der Waals surface area contributed by atoms with Crippen molar-refractivity contribution in [3.63, 3.8) is 0 Å².